The summed E-state index contributed by atoms with van der Waals surface area (Å²) in [6.45, 7) is 4.31. The van der Waals surface area contributed by atoms with Crippen LogP contribution in [0, 0.1) is 11.3 Å². The molecule has 0 bridgehead atoms. The molecule has 1 aliphatic heterocycles. The Bertz CT molecular complexity index is 407. The third kappa shape index (κ3) is 3.73. The van der Waals surface area contributed by atoms with Crippen LogP contribution in [0.15, 0.2) is 0 Å². The third-order valence-electron chi connectivity index (χ3n) is 5.07. The van der Waals surface area contributed by atoms with E-state index in [1.165, 1.54) is 0 Å². The number of amides is 1. The molecule has 0 radical (unpaired) electrons. The molecule has 2 rings (SSSR count). The van der Waals surface area contributed by atoms with Gasteiger partial charge in [-0.3, -0.25) is 14.5 Å². The van der Waals surface area contributed by atoms with Crippen LogP contribution in [0.3, 0.4) is 0 Å². The first kappa shape index (κ1) is 19.2. The number of carboxylic acid groups (broad SMARTS) is 1. The van der Waals surface area contributed by atoms with Crippen LogP contribution in [0.4, 0.5) is 0 Å². The number of fused-ring (bicyclic) bond motifs is 1. The van der Waals surface area contributed by atoms with Gasteiger partial charge in [-0.1, -0.05) is 6.42 Å². The number of carbonyl (C=O) groups excluding carboxylic acids is 1. The molecule has 0 aromatic carbocycles. The number of rotatable bonds is 7. The summed E-state index contributed by atoms with van der Waals surface area (Å²) in [5.41, 5.74) is -0.620. The average molecular weight is 335 g/mol. The van der Waals surface area contributed by atoms with Gasteiger partial charge >= 0.3 is 5.97 Å². The summed E-state index contributed by atoms with van der Waals surface area (Å²) in [5.74, 6) is -0.523. The molecular weight excluding hydrogens is 308 g/mol. The normalized spacial score (nSPS) is 28.7. The fourth-order valence-electron chi connectivity index (χ4n) is 3.71. The number of likely N-dealkylation sites (tertiary alicyclic amines) is 1. The van der Waals surface area contributed by atoms with E-state index in [9.17, 15) is 14.7 Å². The van der Waals surface area contributed by atoms with Gasteiger partial charge in [-0.15, -0.1) is 12.4 Å². The maximum absolute atomic E-state index is 12.1. The molecule has 0 aromatic rings. The van der Waals surface area contributed by atoms with Crippen LogP contribution in [-0.2, 0) is 14.3 Å². The van der Waals surface area contributed by atoms with Gasteiger partial charge in [0.25, 0.3) is 0 Å². The highest BCUT2D eigenvalue weighted by molar-refractivity contribution is 5.85. The van der Waals surface area contributed by atoms with Crippen LogP contribution >= 0.6 is 12.4 Å². The molecule has 2 N–H and O–H groups in total. The molecule has 3 atom stereocenters. The zero-order valence-electron chi connectivity index (χ0n) is 13.3. The predicted molar refractivity (Wildman–Crippen MR) is 85.2 cm³/mol. The van der Waals surface area contributed by atoms with E-state index in [0.717, 1.165) is 32.2 Å². The van der Waals surface area contributed by atoms with Crippen LogP contribution < -0.4 is 5.32 Å². The molecular formula is C15H27ClN2O4. The maximum Gasteiger partial charge on any atom is 0.311 e. The van der Waals surface area contributed by atoms with E-state index in [-0.39, 0.29) is 30.3 Å². The molecule has 6 nitrogen and oxygen atoms in total. The second-order valence-electron chi connectivity index (χ2n) is 6.29. The molecule has 128 valence electrons. The Balaban J connectivity index is 0.00000242. The van der Waals surface area contributed by atoms with Gasteiger partial charge in [0.05, 0.1) is 11.5 Å². The van der Waals surface area contributed by atoms with Crippen molar-refractivity contribution in [2.24, 2.45) is 11.3 Å². The van der Waals surface area contributed by atoms with Crippen LogP contribution in [0.25, 0.3) is 0 Å². The average Bonchev–Trinajstić information content (AvgIpc) is 3.00. The van der Waals surface area contributed by atoms with Crippen molar-refractivity contribution in [1.82, 2.24) is 10.2 Å². The molecule has 1 saturated carbocycles. The molecule has 0 aromatic heterocycles. The summed E-state index contributed by atoms with van der Waals surface area (Å²) in [7, 11) is 1.64. The summed E-state index contributed by atoms with van der Waals surface area (Å²) in [6.07, 6.45) is 3.48. The van der Waals surface area contributed by atoms with Crippen molar-refractivity contribution in [3.8, 4) is 0 Å². The van der Waals surface area contributed by atoms with Gasteiger partial charge in [-0.05, 0) is 32.1 Å². The van der Waals surface area contributed by atoms with Gasteiger partial charge in [-0.25, -0.2) is 0 Å². The second-order valence-corrected chi connectivity index (χ2v) is 6.29. The fourth-order valence-corrected chi connectivity index (χ4v) is 3.71. The molecule has 1 saturated heterocycles. The van der Waals surface area contributed by atoms with Crippen LogP contribution in [0.1, 0.15) is 32.6 Å². The van der Waals surface area contributed by atoms with Gasteiger partial charge in [0, 0.05) is 33.4 Å². The summed E-state index contributed by atoms with van der Waals surface area (Å²) in [6, 6.07) is -0.269. The van der Waals surface area contributed by atoms with Gasteiger partial charge in [0.1, 0.15) is 0 Å². The molecule has 1 unspecified atom stereocenters. The summed E-state index contributed by atoms with van der Waals surface area (Å²) >= 11 is 0. The Morgan fingerprint density at radius 1 is 1.50 bits per heavy atom. The van der Waals surface area contributed by atoms with Crippen molar-refractivity contribution in [2.75, 3.05) is 33.4 Å². The van der Waals surface area contributed by atoms with Crippen LogP contribution in [-0.4, -0.2) is 61.3 Å². The SMILES string of the molecule is COCCCNC(=O)C(C)N1C[C@@H]2CCC[C@@]2(C(=O)O)C1.Cl. The standard InChI is InChI=1S/C15H26N2O4.ClH/c1-11(13(18)16-7-4-8-21-2)17-9-12-5-3-6-15(12,10-17)14(19)20;/h11-12H,3-10H2,1-2H3,(H,16,18)(H,19,20);1H/t11?,12-,15+;/m0./s1. The van der Waals surface area contributed by atoms with E-state index >= 15 is 0 Å². The Morgan fingerprint density at radius 2 is 2.23 bits per heavy atom. The number of aliphatic carboxylic acids is 1. The molecule has 22 heavy (non-hydrogen) atoms. The highest BCUT2D eigenvalue weighted by Crippen LogP contribution is 2.49. The number of nitrogens with zero attached hydrogens (tertiary/aromatic N) is 1. The van der Waals surface area contributed by atoms with Gasteiger partial charge in [-0.2, -0.15) is 0 Å². The summed E-state index contributed by atoms with van der Waals surface area (Å²) in [4.78, 5) is 25.8. The van der Waals surface area contributed by atoms with Crippen molar-refractivity contribution < 1.29 is 19.4 Å². The van der Waals surface area contributed by atoms with Gasteiger partial charge in [0.15, 0.2) is 0 Å². The number of carbonyl (C=O) groups is 2. The molecule has 1 amide bonds. The third-order valence-corrected chi connectivity index (χ3v) is 5.07. The van der Waals surface area contributed by atoms with Gasteiger partial charge in [0.2, 0.25) is 5.91 Å². The lowest BCUT2D eigenvalue weighted by atomic mass is 9.81. The minimum atomic E-state index is -0.694. The molecule has 1 aliphatic carbocycles. The van der Waals surface area contributed by atoms with Crippen molar-refractivity contribution in [2.45, 2.75) is 38.6 Å². The van der Waals surface area contributed by atoms with Gasteiger partial charge < -0.3 is 15.2 Å². The highest BCUT2D eigenvalue weighted by Gasteiger charge is 2.55. The van der Waals surface area contributed by atoms with E-state index < -0.39 is 11.4 Å². The Labute approximate surface area is 138 Å². The van der Waals surface area contributed by atoms with Crippen LogP contribution in [0.2, 0.25) is 0 Å². The molecule has 7 heteroatoms. The molecule has 2 aliphatic rings. The second kappa shape index (κ2) is 8.13. The van der Waals surface area contributed by atoms with E-state index in [0.29, 0.717) is 19.7 Å². The summed E-state index contributed by atoms with van der Waals surface area (Å²) < 4.78 is 4.95. The van der Waals surface area contributed by atoms with E-state index in [4.69, 9.17) is 4.74 Å². The van der Waals surface area contributed by atoms with Crippen molar-refractivity contribution in [3.05, 3.63) is 0 Å². The zero-order valence-corrected chi connectivity index (χ0v) is 14.2. The first-order valence-corrected chi connectivity index (χ1v) is 7.75. The highest BCUT2D eigenvalue weighted by atomic mass is 35.5. The first-order valence-electron chi connectivity index (χ1n) is 7.75. The minimum absolute atomic E-state index is 0. The van der Waals surface area contributed by atoms with Crippen molar-refractivity contribution in [1.29, 1.82) is 0 Å². The molecule has 2 fully saturated rings. The van der Waals surface area contributed by atoms with E-state index in [1.54, 1.807) is 7.11 Å². The largest absolute Gasteiger partial charge is 0.481 e. The number of nitrogens with one attached hydrogen (secondary N) is 1. The Kier molecular flexibility index (Phi) is 7.09. The Morgan fingerprint density at radius 3 is 2.82 bits per heavy atom. The molecule has 1 heterocycles. The lowest BCUT2D eigenvalue weighted by Gasteiger charge is -2.26. The lowest BCUT2D eigenvalue weighted by molar-refractivity contribution is -0.149. The minimum Gasteiger partial charge on any atom is -0.481 e. The zero-order chi connectivity index (χ0) is 15.5. The predicted octanol–water partition coefficient (Wildman–Crippen LogP) is 1.14. The van der Waals surface area contributed by atoms with Crippen LogP contribution in [0.5, 0.6) is 0 Å². The van der Waals surface area contributed by atoms with Crippen molar-refractivity contribution >= 4 is 24.3 Å². The van der Waals surface area contributed by atoms with E-state index in [1.807, 2.05) is 11.8 Å². The number of ether oxygens (including phenoxy) is 1. The Hall–Kier alpha value is -0.850. The monoisotopic (exact) mass is 334 g/mol. The number of hydrogen-bond acceptors (Lipinski definition) is 4. The lowest BCUT2D eigenvalue weighted by Crippen LogP contribution is -2.46. The smallest absolute Gasteiger partial charge is 0.311 e. The molecule has 0 spiro atoms. The van der Waals surface area contributed by atoms with E-state index in [2.05, 4.69) is 5.32 Å². The fraction of sp³-hybridized carbons (Fsp3) is 0.867. The number of methoxy groups -OCH3 is 1. The number of halogens is 1. The maximum atomic E-state index is 12.1. The summed E-state index contributed by atoms with van der Waals surface area (Å²) in [5, 5.41) is 12.5. The van der Waals surface area contributed by atoms with Crippen molar-refractivity contribution in [3.63, 3.8) is 0 Å². The quantitative estimate of drug-likeness (QED) is 0.682. The number of hydrogen-bond donors (Lipinski definition) is 2. The number of carboxylic acids is 1. The first-order chi connectivity index (χ1) is 10.0. The topological polar surface area (TPSA) is 78.9 Å².